The van der Waals surface area contributed by atoms with Gasteiger partial charge in [0, 0.05) is 12.1 Å². The van der Waals surface area contributed by atoms with Crippen LogP contribution in [0.4, 0.5) is 0 Å². The number of benzene rings is 2. The molecule has 0 saturated heterocycles. The fourth-order valence-electron chi connectivity index (χ4n) is 2.57. The van der Waals surface area contributed by atoms with E-state index in [1.807, 2.05) is 37.3 Å². The highest BCUT2D eigenvalue weighted by Crippen LogP contribution is 2.15. The number of unbranched alkanes of at least 4 members (excludes halogenated alkanes) is 2. The molecule has 2 N–H and O–H groups in total. The molecule has 0 heterocycles. The molecule has 0 saturated carbocycles. The maximum atomic E-state index is 12.5. The van der Waals surface area contributed by atoms with E-state index in [9.17, 15) is 13.2 Å². The summed E-state index contributed by atoms with van der Waals surface area (Å²) in [7, 11) is -3.61. The van der Waals surface area contributed by atoms with E-state index in [1.54, 1.807) is 12.1 Å². The van der Waals surface area contributed by atoms with Crippen molar-refractivity contribution in [2.24, 2.45) is 0 Å². The maximum absolute atomic E-state index is 12.5. The summed E-state index contributed by atoms with van der Waals surface area (Å²) in [4.78, 5) is 12.6. The zero-order chi connectivity index (χ0) is 19.0. The number of nitrogens with one attached hydrogen (secondary N) is 2. The normalized spacial score (nSPS) is 12.5. The lowest BCUT2D eigenvalue weighted by Gasteiger charge is -2.15. The predicted molar refractivity (Wildman–Crippen MR) is 103 cm³/mol. The van der Waals surface area contributed by atoms with Gasteiger partial charge in [-0.05, 0) is 37.1 Å². The molecule has 6 heteroatoms. The Balaban J connectivity index is 2.06. The molecule has 0 aromatic heterocycles. The summed E-state index contributed by atoms with van der Waals surface area (Å²) in [6.45, 7) is 4.35. The van der Waals surface area contributed by atoms with Gasteiger partial charge in [0.05, 0.1) is 10.9 Å². The van der Waals surface area contributed by atoms with Crippen molar-refractivity contribution < 1.29 is 13.2 Å². The molecule has 0 radical (unpaired) electrons. The van der Waals surface area contributed by atoms with Crippen molar-refractivity contribution >= 4 is 15.9 Å². The van der Waals surface area contributed by atoms with Crippen LogP contribution in [0.15, 0.2) is 59.5 Å². The highest BCUT2D eigenvalue weighted by atomic mass is 32.2. The third-order valence-electron chi connectivity index (χ3n) is 4.13. The topological polar surface area (TPSA) is 75.3 Å². The minimum Gasteiger partial charge on any atom is -0.346 e. The molecule has 2 aromatic carbocycles. The van der Waals surface area contributed by atoms with Gasteiger partial charge in [0.25, 0.3) is 5.91 Å². The maximum Gasteiger partial charge on any atom is 0.251 e. The molecule has 5 nitrogen and oxygen atoms in total. The van der Waals surface area contributed by atoms with E-state index in [0.717, 1.165) is 24.8 Å². The van der Waals surface area contributed by atoms with Crippen LogP contribution in [0.2, 0.25) is 0 Å². The Kier molecular flexibility index (Phi) is 7.36. The first-order valence-electron chi connectivity index (χ1n) is 8.89. The monoisotopic (exact) mass is 374 g/mol. The van der Waals surface area contributed by atoms with Crippen LogP contribution in [-0.2, 0) is 10.0 Å². The van der Waals surface area contributed by atoms with Gasteiger partial charge < -0.3 is 5.32 Å². The zero-order valence-electron chi connectivity index (χ0n) is 15.2. The number of hydrogen-bond donors (Lipinski definition) is 2. The number of rotatable bonds is 9. The minimum atomic E-state index is -3.61. The summed E-state index contributed by atoms with van der Waals surface area (Å²) >= 11 is 0. The summed E-state index contributed by atoms with van der Waals surface area (Å²) in [6, 6.07) is 15.6. The molecule has 140 valence electrons. The van der Waals surface area contributed by atoms with Crippen molar-refractivity contribution in [1.82, 2.24) is 10.0 Å². The highest BCUT2D eigenvalue weighted by molar-refractivity contribution is 7.89. The lowest BCUT2D eigenvalue weighted by Crippen LogP contribution is -2.28. The Bertz CT molecular complexity index is 820. The first-order valence-corrected chi connectivity index (χ1v) is 10.4. The van der Waals surface area contributed by atoms with Gasteiger partial charge in [-0.1, -0.05) is 56.2 Å². The molecule has 0 aliphatic carbocycles. The molecule has 26 heavy (non-hydrogen) atoms. The molecule has 0 aliphatic rings. The van der Waals surface area contributed by atoms with Crippen molar-refractivity contribution in [1.29, 1.82) is 0 Å². The van der Waals surface area contributed by atoms with Gasteiger partial charge in [0.1, 0.15) is 0 Å². The minimum absolute atomic E-state index is 0.106. The van der Waals surface area contributed by atoms with Crippen LogP contribution < -0.4 is 10.0 Å². The van der Waals surface area contributed by atoms with E-state index in [0.29, 0.717) is 12.1 Å². The number of amides is 1. The van der Waals surface area contributed by atoms with E-state index in [-0.39, 0.29) is 16.8 Å². The quantitative estimate of drug-likeness (QED) is 0.658. The summed E-state index contributed by atoms with van der Waals surface area (Å²) < 4.78 is 27.3. The predicted octanol–water partition coefficient (Wildman–Crippen LogP) is 3.65. The number of carbonyl (C=O) groups is 1. The third-order valence-corrected chi connectivity index (χ3v) is 5.58. The Labute approximate surface area is 155 Å². The van der Waals surface area contributed by atoms with Crippen molar-refractivity contribution in [3.05, 3.63) is 65.7 Å². The van der Waals surface area contributed by atoms with E-state index >= 15 is 0 Å². The molecule has 2 rings (SSSR count). The van der Waals surface area contributed by atoms with E-state index in [1.165, 1.54) is 12.1 Å². The fraction of sp³-hybridized carbons (Fsp3) is 0.350. The molecule has 0 spiro atoms. The first kappa shape index (κ1) is 20.1. The van der Waals surface area contributed by atoms with Crippen molar-refractivity contribution in [2.45, 2.75) is 44.0 Å². The van der Waals surface area contributed by atoms with Gasteiger partial charge in [0.15, 0.2) is 0 Å². The third kappa shape index (κ3) is 5.68. The summed E-state index contributed by atoms with van der Waals surface area (Å²) in [5.41, 5.74) is 1.31. The number of carbonyl (C=O) groups excluding carboxylic acids is 1. The van der Waals surface area contributed by atoms with Crippen LogP contribution in [0.3, 0.4) is 0 Å². The lowest BCUT2D eigenvalue weighted by atomic mass is 10.1. The average molecular weight is 375 g/mol. The SMILES string of the molecule is CCCCCNS(=O)(=O)c1cccc(C(=O)NC(C)c2ccccc2)c1. The molecular formula is C20H26N2O3S. The van der Waals surface area contributed by atoms with Crippen LogP contribution in [0.25, 0.3) is 0 Å². The second kappa shape index (κ2) is 9.50. The van der Waals surface area contributed by atoms with Crippen LogP contribution in [0.5, 0.6) is 0 Å². The Morgan fingerprint density at radius 2 is 1.77 bits per heavy atom. The zero-order valence-corrected chi connectivity index (χ0v) is 16.1. The van der Waals surface area contributed by atoms with Gasteiger partial charge in [0.2, 0.25) is 10.0 Å². The number of hydrogen-bond acceptors (Lipinski definition) is 3. The smallest absolute Gasteiger partial charge is 0.251 e. The molecule has 0 fully saturated rings. The van der Waals surface area contributed by atoms with Gasteiger partial charge in [-0.15, -0.1) is 0 Å². The lowest BCUT2D eigenvalue weighted by molar-refractivity contribution is 0.0939. The molecule has 1 unspecified atom stereocenters. The molecule has 1 amide bonds. The van der Waals surface area contributed by atoms with Gasteiger partial charge in [-0.2, -0.15) is 0 Å². The van der Waals surface area contributed by atoms with Gasteiger partial charge in [-0.25, -0.2) is 13.1 Å². The second-order valence-electron chi connectivity index (χ2n) is 6.24. The van der Waals surface area contributed by atoms with Crippen molar-refractivity contribution in [2.75, 3.05) is 6.54 Å². The van der Waals surface area contributed by atoms with Crippen LogP contribution >= 0.6 is 0 Å². The summed E-state index contributed by atoms with van der Waals surface area (Å²) in [5, 5.41) is 2.90. The summed E-state index contributed by atoms with van der Waals surface area (Å²) in [5.74, 6) is -0.301. The highest BCUT2D eigenvalue weighted by Gasteiger charge is 2.17. The Hall–Kier alpha value is -2.18. The summed E-state index contributed by atoms with van der Waals surface area (Å²) in [6.07, 6.45) is 2.80. The molecule has 1 atom stereocenters. The number of sulfonamides is 1. The Morgan fingerprint density at radius 1 is 1.04 bits per heavy atom. The average Bonchev–Trinajstić information content (AvgIpc) is 2.66. The van der Waals surface area contributed by atoms with E-state index in [2.05, 4.69) is 17.0 Å². The van der Waals surface area contributed by atoms with Crippen LogP contribution in [0, 0.1) is 0 Å². The molecule has 0 bridgehead atoms. The van der Waals surface area contributed by atoms with E-state index < -0.39 is 10.0 Å². The van der Waals surface area contributed by atoms with Gasteiger partial charge >= 0.3 is 0 Å². The second-order valence-corrected chi connectivity index (χ2v) is 8.01. The largest absolute Gasteiger partial charge is 0.346 e. The first-order chi connectivity index (χ1) is 12.4. The molecule has 0 aliphatic heterocycles. The standard InChI is InChI=1S/C20H26N2O3S/c1-3-4-8-14-21-26(24,25)19-13-9-12-18(15-19)20(23)22-16(2)17-10-6-5-7-11-17/h5-7,9-13,15-16,21H,3-4,8,14H2,1-2H3,(H,22,23). The Morgan fingerprint density at radius 3 is 2.46 bits per heavy atom. The molecular weight excluding hydrogens is 348 g/mol. The van der Waals surface area contributed by atoms with E-state index in [4.69, 9.17) is 0 Å². The van der Waals surface area contributed by atoms with Crippen LogP contribution in [0.1, 0.15) is 55.1 Å². The fourth-order valence-corrected chi connectivity index (χ4v) is 3.69. The van der Waals surface area contributed by atoms with Crippen molar-refractivity contribution in [3.8, 4) is 0 Å². The van der Waals surface area contributed by atoms with Gasteiger partial charge in [-0.3, -0.25) is 4.79 Å². The van der Waals surface area contributed by atoms with Crippen LogP contribution in [-0.4, -0.2) is 20.9 Å². The molecule has 2 aromatic rings. The van der Waals surface area contributed by atoms with Crippen molar-refractivity contribution in [3.63, 3.8) is 0 Å².